The largest absolute Gasteiger partial charge is 0.416 e. The minimum Gasteiger partial charge on any atom is -0.326 e. The Morgan fingerprint density at radius 1 is 1.19 bits per heavy atom. The van der Waals surface area contributed by atoms with Crippen LogP contribution in [0.25, 0.3) is 0 Å². The highest BCUT2D eigenvalue weighted by atomic mass is 32.2. The average molecular weight is 335 g/mol. The van der Waals surface area contributed by atoms with Gasteiger partial charge in [0.05, 0.1) is 5.56 Å². The molecule has 0 saturated carbocycles. The van der Waals surface area contributed by atoms with Crippen LogP contribution in [0.15, 0.2) is 24.3 Å². The molecule has 1 aliphatic rings. The number of alkyl halides is 3. The summed E-state index contributed by atoms with van der Waals surface area (Å²) < 4.78 is 37.6. The first-order chi connectivity index (χ1) is 9.77. The van der Waals surface area contributed by atoms with E-state index in [1.165, 1.54) is 12.1 Å². The van der Waals surface area contributed by atoms with Gasteiger partial charge < -0.3 is 5.73 Å². The maximum absolute atomic E-state index is 12.5. The number of hydrogen-bond acceptors (Lipinski definition) is 3. The van der Waals surface area contributed by atoms with Gasteiger partial charge in [-0.05, 0) is 24.1 Å². The molecule has 0 bridgehead atoms. The molecule has 4 unspecified atom stereocenters. The standard InChI is InChI=1S/C15H20F3NS2/c1-9-10(2)21-14(8-20-9)13(19)7-11-3-5-12(6-4-11)15(16,17)18/h3-6,9-10,13-14H,7-8,19H2,1-2H3. The molecule has 0 amide bonds. The van der Waals surface area contributed by atoms with Gasteiger partial charge in [-0.25, -0.2) is 0 Å². The van der Waals surface area contributed by atoms with Crippen LogP contribution < -0.4 is 5.73 Å². The van der Waals surface area contributed by atoms with E-state index in [2.05, 4.69) is 13.8 Å². The maximum atomic E-state index is 12.5. The first-order valence-corrected chi connectivity index (χ1v) is 8.95. The van der Waals surface area contributed by atoms with E-state index in [1.807, 2.05) is 23.5 Å². The summed E-state index contributed by atoms with van der Waals surface area (Å²) in [5.74, 6) is 1.01. The molecule has 0 spiro atoms. The molecular formula is C15H20F3NS2. The number of benzene rings is 1. The van der Waals surface area contributed by atoms with Crippen molar-refractivity contribution in [3.8, 4) is 0 Å². The minimum absolute atomic E-state index is 0.0193. The van der Waals surface area contributed by atoms with Crippen LogP contribution in [0.3, 0.4) is 0 Å². The number of halogens is 3. The van der Waals surface area contributed by atoms with Crippen LogP contribution in [-0.2, 0) is 12.6 Å². The Hall–Kier alpha value is -0.330. The molecule has 1 aromatic rings. The Balaban J connectivity index is 1.95. The van der Waals surface area contributed by atoms with Gasteiger partial charge in [-0.3, -0.25) is 0 Å². The van der Waals surface area contributed by atoms with Gasteiger partial charge in [-0.1, -0.05) is 26.0 Å². The van der Waals surface area contributed by atoms with Crippen molar-refractivity contribution in [2.24, 2.45) is 5.73 Å². The quantitative estimate of drug-likeness (QED) is 0.896. The van der Waals surface area contributed by atoms with Gasteiger partial charge in [-0.2, -0.15) is 36.7 Å². The molecule has 1 saturated heterocycles. The summed E-state index contributed by atoms with van der Waals surface area (Å²) in [7, 11) is 0. The lowest BCUT2D eigenvalue weighted by atomic mass is 10.0. The van der Waals surface area contributed by atoms with Crippen molar-refractivity contribution in [1.82, 2.24) is 0 Å². The van der Waals surface area contributed by atoms with Crippen molar-refractivity contribution in [3.05, 3.63) is 35.4 Å². The highest BCUT2D eigenvalue weighted by Gasteiger charge is 2.31. The zero-order valence-electron chi connectivity index (χ0n) is 12.1. The topological polar surface area (TPSA) is 26.0 Å². The Kier molecular flexibility index (Phi) is 5.54. The first-order valence-electron chi connectivity index (χ1n) is 6.96. The fourth-order valence-electron chi connectivity index (χ4n) is 2.27. The summed E-state index contributed by atoms with van der Waals surface area (Å²) >= 11 is 3.83. The van der Waals surface area contributed by atoms with Gasteiger partial charge in [0.2, 0.25) is 0 Å². The fourth-order valence-corrected chi connectivity index (χ4v) is 5.33. The summed E-state index contributed by atoms with van der Waals surface area (Å²) in [6.07, 6.45) is -3.65. The third kappa shape index (κ3) is 4.57. The van der Waals surface area contributed by atoms with Crippen LogP contribution >= 0.6 is 23.5 Å². The molecule has 118 valence electrons. The van der Waals surface area contributed by atoms with E-state index < -0.39 is 11.7 Å². The molecule has 1 fully saturated rings. The van der Waals surface area contributed by atoms with Gasteiger partial charge in [0.25, 0.3) is 0 Å². The Morgan fingerprint density at radius 3 is 2.33 bits per heavy atom. The average Bonchev–Trinajstić information content (AvgIpc) is 2.41. The van der Waals surface area contributed by atoms with Crippen molar-refractivity contribution in [3.63, 3.8) is 0 Å². The van der Waals surface area contributed by atoms with E-state index >= 15 is 0 Å². The van der Waals surface area contributed by atoms with Crippen LogP contribution in [0.4, 0.5) is 13.2 Å². The molecule has 1 nitrogen and oxygen atoms in total. The van der Waals surface area contributed by atoms with Crippen LogP contribution in [0.5, 0.6) is 0 Å². The molecule has 1 aromatic carbocycles. The van der Waals surface area contributed by atoms with Crippen LogP contribution in [0.2, 0.25) is 0 Å². The highest BCUT2D eigenvalue weighted by molar-refractivity contribution is 8.07. The molecule has 4 atom stereocenters. The Labute approximate surface area is 132 Å². The second-order valence-electron chi connectivity index (χ2n) is 5.48. The Bertz CT molecular complexity index is 461. The molecular weight excluding hydrogens is 315 g/mol. The second kappa shape index (κ2) is 6.84. The lowest BCUT2D eigenvalue weighted by Gasteiger charge is -2.34. The molecule has 6 heteroatoms. The summed E-state index contributed by atoms with van der Waals surface area (Å²) in [6, 6.07) is 5.32. The van der Waals surface area contributed by atoms with Crippen molar-refractivity contribution in [2.45, 2.75) is 48.2 Å². The first kappa shape index (κ1) is 17.0. The zero-order chi connectivity index (χ0) is 15.6. The van der Waals surface area contributed by atoms with E-state index in [4.69, 9.17) is 5.73 Å². The molecule has 2 rings (SSSR count). The Morgan fingerprint density at radius 2 is 1.81 bits per heavy atom. The summed E-state index contributed by atoms with van der Waals surface area (Å²) in [5.41, 5.74) is 6.52. The van der Waals surface area contributed by atoms with Crippen molar-refractivity contribution >= 4 is 23.5 Å². The van der Waals surface area contributed by atoms with Crippen molar-refractivity contribution in [1.29, 1.82) is 0 Å². The van der Waals surface area contributed by atoms with E-state index in [0.29, 0.717) is 22.2 Å². The molecule has 2 N–H and O–H groups in total. The van der Waals surface area contributed by atoms with Crippen LogP contribution in [0.1, 0.15) is 25.0 Å². The van der Waals surface area contributed by atoms with Gasteiger partial charge in [0.15, 0.2) is 0 Å². The number of rotatable bonds is 3. The minimum atomic E-state index is -4.28. The normalized spacial score (nSPS) is 28.4. The molecule has 0 aliphatic carbocycles. The van der Waals surface area contributed by atoms with Crippen LogP contribution in [0, 0.1) is 0 Å². The molecule has 1 aliphatic heterocycles. The second-order valence-corrected chi connectivity index (χ2v) is 8.51. The SMILES string of the molecule is CC1SCC(C(N)Cc2ccc(C(F)(F)F)cc2)SC1C. The van der Waals surface area contributed by atoms with E-state index in [1.54, 1.807) is 0 Å². The van der Waals surface area contributed by atoms with E-state index in [-0.39, 0.29) is 6.04 Å². The summed E-state index contributed by atoms with van der Waals surface area (Å²) in [5, 5.41) is 1.56. The summed E-state index contributed by atoms with van der Waals surface area (Å²) in [6.45, 7) is 4.43. The van der Waals surface area contributed by atoms with Crippen molar-refractivity contribution in [2.75, 3.05) is 5.75 Å². The molecule has 0 radical (unpaired) electrons. The zero-order valence-corrected chi connectivity index (χ0v) is 13.7. The monoisotopic (exact) mass is 335 g/mol. The number of hydrogen-bond donors (Lipinski definition) is 1. The van der Waals surface area contributed by atoms with Gasteiger partial charge in [-0.15, -0.1) is 0 Å². The van der Waals surface area contributed by atoms with Gasteiger partial charge in [0, 0.05) is 27.5 Å². The lowest BCUT2D eigenvalue weighted by Crippen LogP contribution is -2.41. The number of nitrogens with two attached hydrogens (primary N) is 1. The van der Waals surface area contributed by atoms with Crippen molar-refractivity contribution < 1.29 is 13.2 Å². The lowest BCUT2D eigenvalue weighted by molar-refractivity contribution is -0.137. The predicted molar refractivity (Wildman–Crippen MR) is 85.9 cm³/mol. The van der Waals surface area contributed by atoms with E-state index in [0.717, 1.165) is 23.4 Å². The fraction of sp³-hybridized carbons (Fsp3) is 0.600. The number of thioether (sulfide) groups is 2. The summed E-state index contributed by atoms with van der Waals surface area (Å²) in [4.78, 5) is 0. The van der Waals surface area contributed by atoms with Crippen LogP contribution in [-0.4, -0.2) is 27.5 Å². The van der Waals surface area contributed by atoms with Gasteiger partial charge >= 0.3 is 6.18 Å². The highest BCUT2D eigenvalue weighted by Crippen LogP contribution is 2.37. The molecule has 21 heavy (non-hydrogen) atoms. The molecule has 0 aromatic heterocycles. The van der Waals surface area contributed by atoms with E-state index in [9.17, 15) is 13.2 Å². The maximum Gasteiger partial charge on any atom is 0.416 e. The third-order valence-electron chi connectivity index (χ3n) is 3.80. The third-order valence-corrected chi connectivity index (χ3v) is 7.38. The predicted octanol–water partition coefficient (Wildman–Crippen LogP) is 4.20. The molecule has 1 heterocycles. The van der Waals surface area contributed by atoms with Gasteiger partial charge in [0.1, 0.15) is 0 Å². The smallest absolute Gasteiger partial charge is 0.326 e.